The molecule has 0 amide bonds. The van der Waals surface area contributed by atoms with Crippen molar-refractivity contribution in [1.29, 1.82) is 0 Å². The first-order valence-electron chi connectivity index (χ1n) is 8.13. The summed E-state index contributed by atoms with van der Waals surface area (Å²) in [4.78, 5) is 0. The van der Waals surface area contributed by atoms with E-state index in [0.29, 0.717) is 0 Å². The first-order valence-corrected chi connectivity index (χ1v) is 8.13. The van der Waals surface area contributed by atoms with Crippen LogP contribution < -0.4 is 15.2 Å². The molecule has 118 valence electrons. The van der Waals surface area contributed by atoms with Gasteiger partial charge in [0.1, 0.15) is 0 Å². The number of aryl methyl sites for hydroxylation is 1. The number of nitrogens with two attached hydrogens (primary N) is 1. The molecule has 21 heavy (non-hydrogen) atoms. The van der Waals surface area contributed by atoms with E-state index in [4.69, 9.17) is 15.2 Å². The lowest BCUT2D eigenvalue weighted by Gasteiger charge is -2.24. The fraction of sp³-hybridized carbons (Fsp3) is 0.667. The molecule has 3 nitrogen and oxygen atoms in total. The molecule has 1 unspecified atom stereocenters. The molecule has 0 saturated heterocycles. The summed E-state index contributed by atoms with van der Waals surface area (Å²) < 4.78 is 10.7. The molecule has 1 aromatic carbocycles. The summed E-state index contributed by atoms with van der Waals surface area (Å²) in [5.41, 5.74) is 8.80. The Kier molecular flexibility index (Phi) is 5.92. The van der Waals surface area contributed by atoms with Crippen LogP contribution in [-0.4, -0.2) is 14.2 Å². The standard InChI is InChI=1S/C18H29NO2/c1-13-11-17(20-2)18(21-3)12-15(13)16(19)10-9-14-7-5-4-6-8-14/h11-12,14,16H,4-10,19H2,1-3H3. The van der Waals surface area contributed by atoms with Crippen molar-refractivity contribution < 1.29 is 9.47 Å². The zero-order valence-electron chi connectivity index (χ0n) is 13.7. The molecule has 1 aliphatic carbocycles. The van der Waals surface area contributed by atoms with E-state index in [0.717, 1.165) is 23.8 Å². The van der Waals surface area contributed by atoms with Gasteiger partial charge in [0.15, 0.2) is 11.5 Å². The van der Waals surface area contributed by atoms with E-state index in [-0.39, 0.29) is 6.04 Å². The van der Waals surface area contributed by atoms with Crippen molar-refractivity contribution in [3.8, 4) is 11.5 Å². The van der Waals surface area contributed by atoms with E-state index in [1.807, 2.05) is 12.1 Å². The Morgan fingerprint density at radius 1 is 1.10 bits per heavy atom. The van der Waals surface area contributed by atoms with Gasteiger partial charge in [-0.2, -0.15) is 0 Å². The molecule has 0 spiro atoms. The molecule has 3 heteroatoms. The van der Waals surface area contributed by atoms with Gasteiger partial charge in [-0.1, -0.05) is 32.1 Å². The summed E-state index contributed by atoms with van der Waals surface area (Å²) in [7, 11) is 3.34. The largest absolute Gasteiger partial charge is 0.493 e. The summed E-state index contributed by atoms with van der Waals surface area (Å²) in [6.45, 7) is 2.10. The highest BCUT2D eigenvalue weighted by atomic mass is 16.5. The van der Waals surface area contributed by atoms with Crippen LogP contribution in [0.1, 0.15) is 62.1 Å². The SMILES string of the molecule is COc1cc(C)c(C(N)CCC2CCCCC2)cc1OC. The van der Waals surface area contributed by atoms with Gasteiger partial charge >= 0.3 is 0 Å². The zero-order valence-corrected chi connectivity index (χ0v) is 13.7. The molecule has 1 aliphatic rings. The summed E-state index contributed by atoms with van der Waals surface area (Å²) in [6, 6.07) is 4.15. The molecule has 0 bridgehead atoms. The molecule has 1 fully saturated rings. The van der Waals surface area contributed by atoms with E-state index in [2.05, 4.69) is 6.92 Å². The maximum Gasteiger partial charge on any atom is 0.161 e. The number of rotatable bonds is 6. The highest BCUT2D eigenvalue weighted by Gasteiger charge is 2.18. The Morgan fingerprint density at radius 3 is 2.33 bits per heavy atom. The first-order chi connectivity index (χ1) is 10.2. The predicted molar refractivity (Wildman–Crippen MR) is 87.0 cm³/mol. The van der Waals surface area contributed by atoms with Gasteiger partial charge in [0, 0.05) is 6.04 Å². The Balaban J connectivity index is 2.02. The molecule has 0 aliphatic heterocycles. The second-order valence-electron chi connectivity index (χ2n) is 6.25. The van der Waals surface area contributed by atoms with Gasteiger partial charge in [-0.25, -0.2) is 0 Å². The molecule has 1 atom stereocenters. The average Bonchev–Trinajstić information content (AvgIpc) is 2.53. The molecule has 2 N–H and O–H groups in total. The Hall–Kier alpha value is -1.22. The third-order valence-electron chi connectivity index (χ3n) is 4.78. The maximum absolute atomic E-state index is 6.43. The molecule has 0 aromatic heterocycles. The van der Waals surface area contributed by atoms with Crippen LogP contribution in [0.3, 0.4) is 0 Å². The summed E-state index contributed by atoms with van der Waals surface area (Å²) in [6.07, 6.45) is 9.28. The van der Waals surface area contributed by atoms with Gasteiger partial charge in [0.05, 0.1) is 14.2 Å². The molecule has 0 heterocycles. The number of hydrogen-bond acceptors (Lipinski definition) is 3. The van der Waals surface area contributed by atoms with Crippen molar-refractivity contribution in [3.63, 3.8) is 0 Å². The minimum absolute atomic E-state index is 0.0896. The van der Waals surface area contributed by atoms with E-state index in [9.17, 15) is 0 Å². The second kappa shape index (κ2) is 7.69. The normalized spacial score (nSPS) is 17.5. The highest BCUT2D eigenvalue weighted by molar-refractivity contribution is 5.48. The van der Waals surface area contributed by atoms with Crippen molar-refractivity contribution in [1.82, 2.24) is 0 Å². The minimum atomic E-state index is 0.0896. The van der Waals surface area contributed by atoms with Crippen molar-refractivity contribution >= 4 is 0 Å². The summed E-state index contributed by atoms with van der Waals surface area (Å²) in [5, 5.41) is 0. The maximum atomic E-state index is 6.43. The van der Waals surface area contributed by atoms with Crippen LogP contribution in [0.5, 0.6) is 11.5 Å². The summed E-state index contributed by atoms with van der Waals surface area (Å²) in [5.74, 6) is 2.43. The van der Waals surface area contributed by atoms with Crippen molar-refractivity contribution in [2.75, 3.05) is 14.2 Å². The van der Waals surface area contributed by atoms with Gasteiger partial charge in [0.25, 0.3) is 0 Å². The Bertz CT molecular complexity index is 453. The average molecular weight is 291 g/mol. The van der Waals surface area contributed by atoms with Gasteiger partial charge in [-0.15, -0.1) is 0 Å². The van der Waals surface area contributed by atoms with E-state index in [1.165, 1.54) is 49.7 Å². The van der Waals surface area contributed by atoms with Crippen LogP contribution in [0.25, 0.3) is 0 Å². The Labute approximate surface area is 128 Å². The lowest BCUT2D eigenvalue weighted by Crippen LogP contribution is -2.15. The minimum Gasteiger partial charge on any atom is -0.493 e. The van der Waals surface area contributed by atoms with Crippen LogP contribution >= 0.6 is 0 Å². The molecule has 1 aromatic rings. The smallest absolute Gasteiger partial charge is 0.161 e. The van der Waals surface area contributed by atoms with E-state index in [1.54, 1.807) is 14.2 Å². The monoisotopic (exact) mass is 291 g/mol. The summed E-state index contributed by atoms with van der Waals surface area (Å²) >= 11 is 0. The van der Waals surface area contributed by atoms with Crippen molar-refractivity contribution in [2.24, 2.45) is 11.7 Å². The molecule has 1 saturated carbocycles. The molecular formula is C18H29NO2. The number of ether oxygens (including phenoxy) is 2. The van der Waals surface area contributed by atoms with Crippen LogP contribution in [0, 0.1) is 12.8 Å². The van der Waals surface area contributed by atoms with E-state index >= 15 is 0 Å². The number of benzene rings is 1. The fourth-order valence-electron chi connectivity index (χ4n) is 3.44. The predicted octanol–water partition coefficient (Wildman–Crippen LogP) is 4.37. The van der Waals surface area contributed by atoms with Gasteiger partial charge in [0.2, 0.25) is 0 Å². The Morgan fingerprint density at radius 2 is 1.71 bits per heavy atom. The van der Waals surface area contributed by atoms with Gasteiger partial charge in [-0.05, 0) is 48.9 Å². The number of methoxy groups -OCH3 is 2. The van der Waals surface area contributed by atoms with Crippen LogP contribution in [-0.2, 0) is 0 Å². The molecule has 0 radical (unpaired) electrons. The fourth-order valence-corrected chi connectivity index (χ4v) is 3.44. The zero-order chi connectivity index (χ0) is 15.2. The van der Waals surface area contributed by atoms with Crippen molar-refractivity contribution in [2.45, 2.75) is 57.9 Å². The van der Waals surface area contributed by atoms with Crippen LogP contribution in [0.4, 0.5) is 0 Å². The van der Waals surface area contributed by atoms with E-state index < -0.39 is 0 Å². The highest BCUT2D eigenvalue weighted by Crippen LogP contribution is 2.35. The quantitative estimate of drug-likeness (QED) is 0.846. The number of hydrogen-bond donors (Lipinski definition) is 1. The lowest BCUT2D eigenvalue weighted by molar-refractivity contribution is 0.323. The third kappa shape index (κ3) is 4.13. The lowest BCUT2D eigenvalue weighted by atomic mass is 9.84. The molecule has 2 rings (SSSR count). The molecular weight excluding hydrogens is 262 g/mol. The topological polar surface area (TPSA) is 44.5 Å². The van der Waals surface area contributed by atoms with Crippen molar-refractivity contribution in [3.05, 3.63) is 23.3 Å². The second-order valence-corrected chi connectivity index (χ2v) is 6.25. The van der Waals surface area contributed by atoms with Crippen LogP contribution in [0.2, 0.25) is 0 Å². The van der Waals surface area contributed by atoms with Gasteiger partial charge in [-0.3, -0.25) is 0 Å². The van der Waals surface area contributed by atoms with Crippen LogP contribution in [0.15, 0.2) is 12.1 Å². The third-order valence-corrected chi connectivity index (χ3v) is 4.78. The first kappa shape index (κ1) is 16.2. The van der Waals surface area contributed by atoms with Gasteiger partial charge < -0.3 is 15.2 Å².